The molecule has 9 nitrogen and oxygen atoms in total. The summed E-state index contributed by atoms with van der Waals surface area (Å²) in [6.45, 7) is 5.79. The molecular formula is C24H32N8O. The van der Waals surface area contributed by atoms with Gasteiger partial charge in [-0.25, -0.2) is 4.98 Å². The molecule has 9 heteroatoms. The van der Waals surface area contributed by atoms with Crippen molar-refractivity contribution in [3.05, 3.63) is 35.0 Å². The molecule has 1 amide bonds. The number of piperidine rings is 1. The molecule has 0 spiro atoms. The number of carbonyl (C=O) groups is 1. The van der Waals surface area contributed by atoms with Crippen molar-refractivity contribution in [3.63, 3.8) is 0 Å². The number of amides is 1. The zero-order chi connectivity index (χ0) is 23.3. The second-order valence-electron chi connectivity index (χ2n) is 9.95. The van der Waals surface area contributed by atoms with Gasteiger partial charge in [0.2, 0.25) is 5.95 Å². The highest BCUT2D eigenvalue weighted by atomic mass is 16.2. The molecular weight excluding hydrogens is 416 g/mol. The third kappa shape index (κ3) is 4.25. The zero-order valence-electron chi connectivity index (χ0n) is 19.8. The van der Waals surface area contributed by atoms with Gasteiger partial charge >= 0.3 is 0 Å². The lowest BCUT2D eigenvalue weighted by atomic mass is 9.91. The SMILES string of the molecule is Cc1c(Nc2nc(N3CCC(C)(N)CC3)nc3ccc(C(=O)N(C)C)cc23)n[nH]c1C1CC1. The monoisotopic (exact) mass is 448 g/mol. The number of nitrogens with zero attached hydrogens (tertiary/aromatic N) is 5. The van der Waals surface area contributed by atoms with Crippen molar-refractivity contribution in [2.45, 2.75) is 51.0 Å². The summed E-state index contributed by atoms with van der Waals surface area (Å²) < 4.78 is 0. The van der Waals surface area contributed by atoms with E-state index < -0.39 is 0 Å². The maximum Gasteiger partial charge on any atom is 0.253 e. The Bertz CT molecular complexity index is 1200. The summed E-state index contributed by atoms with van der Waals surface area (Å²) in [5.41, 5.74) is 9.87. The van der Waals surface area contributed by atoms with E-state index in [1.54, 1.807) is 19.0 Å². The van der Waals surface area contributed by atoms with Crippen molar-refractivity contribution in [1.29, 1.82) is 0 Å². The number of anilines is 3. The minimum Gasteiger partial charge on any atom is -0.345 e. The van der Waals surface area contributed by atoms with Crippen LogP contribution in [0.5, 0.6) is 0 Å². The minimum atomic E-state index is -0.152. The lowest BCUT2D eigenvalue weighted by Gasteiger charge is -2.36. The second kappa shape index (κ2) is 7.98. The molecule has 0 atom stereocenters. The fraction of sp³-hybridized carbons (Fsp3) is 0.500. The predicted octanol–water partition coefficient (Wildman–Crippen LogP) is 3.30. The molecule has 2 aliphatic rings. The number of benzene rings is 1. The van der Waals surface area contributed by atoms with Gasteiger partial charge in [0.1, 0.15) is 5.82 Å². The van der Waals surface area contributed by atoms with Crippen LogP contribution in [-0.4, -0.2) is 63.7 Å². The zero-order valence-corrected chi connectivity index (χ0v) is 19.8. The van der Waals surface area contributed by atoms with E-state index in [1.165, 1.54) is 18.5 Å². The maximum absolute atomic E-state index is 12.6. The number of H-pyrrole nitrogens is 1. The van der Waals surface area contributed by atoms with Crippen molar-refractivity contribution < 1.29 is 4.79 Å². The number of hydrogen-bond acceptors (Lipinski definition) is 7. The van der Waals surface area contributed by atoms with E-state index in [-0.39, 0.29) is 11.4 Å². The Morgan fingerprint density at radius 3 is 2.61 bits per heavy atom. The van der Waals surface area contributed by atoms with Crippen molar-refractivity contribution >= 4 is 34.4 Å². The first-order valence-electron chi connectivity index (χ1n) is 11.6. The summed E-state index contributed by atoms with van der Waals surface area (Å²) in [6.07, 6.45) is 4.18. The molecule has 3 heterocycles. The van der Waals surface area contributed by atoms with E-state index in [0.29, 0.717) is 23.2 Å². The van der Waals surface area contributed by atoms with Crippen molar-refractivity contribution in [2.24, 2.45) is 5.73 Å². The maximum atomic E-state index is 12.6. The smallest absolute Gasteiger partial charge is 0.253 e. The van der Waals surface area contributed by atoms with Gasteiger partial charge < -0.3 is 20.9 Å². The number of aromatic nitrogens is 4. The largest absolute Gasteiger partial charge is 0.345 e. The van der Waals surface area contributed by atoms with Gasteiger partial charge in [-0.2, -0.15) is 10.1 Å². The number of aromatic amines is 1. The molecule has 1 saturated heterocycles. The normalized spacial score (nSPS) is 17.9. The Labute approximate surface area is 193 Å². The van der Waals surface area contributed by atoms with Gasteiger partial charge in [0.15, 0.2) is 5.82 Å². The highest BCUT2D eigenvalue weighted by molar-refractivity contribution is 6.01. The van der Waals surface area contributed by atoms with Crippen LogP contribution in [0.4, 0.5) is 17.6 Å². The van der Waals surface area contributed by atoms with Gasteiger partial charge in [-0.1, -0.05) is 0 Å². The number of nitrogens with two attached hydrogens (primary N) is 1. The molecule has 2 fully saturated rings. The van der Waals surface area contributed by atoms with E-state index in [1.807, 2.05) is 18.2 Å². The first-order valence-corrected chi connectivity index (χ1v) is 11.6. The molecule has 0 radical (unpaired) electrons. The summed E-state index contributed by atoms with van der Waals surface area (Å²) in [4.78, 5) is 26.1. The van der Waals surface area contributed by atoms with Crippen LogP contribution in [0.3, 0.4) is 0 Å². The van der Waals surface area contributed by atoms with Crippen molar-refractivity contribution in [1.82, 2.24) is 25.1 Å². The van der Waals surface area contributed by atoms with Crippen molar-refractivity contribution in [3.8, 4) is 0 Å². The average molecular weight is 449 g/mol. The molecule has 5 rings (SSSR count). The Morgan fingerprint density at radius 1 is 1.21 bits per heavy atom. The van der Waals surface area contributed by atoms with Crippen LogP contribution in [0.15, 0.2) is 18.2 Å². The second-order valence-corrected chi connectivity index (χ2v) is 9.95. The highest BCUT2D eigenvalue weighted by Crippen LogP contribution is 2.42. The van der Waals surface area contributed by atoms with E-state index in [0.717, 1.165) is 48.2 Å². The third-order valence-electron chi connectivity index (χ3n) is 6.80. The Morgan fingerprint density at radius 2 is 1.94 bits per heavy atom. The Hall–Kier alpha value is -3.20. The summed E-state index contributed by atoms with van der Waals surface area (Å²) >= 11 is 0. The van der Waals surface area contributed by atoms with E-state index in [9.17, 15) is 4.79 Å². The molecule has 1 aliphatic carbocycles. The van der Waals surface area contributed by atoms with E-state index in [4.69, 9.17) is 15.7 Å². The highest BCUT2D eigenvalue weighted by Gasteiger charge is 2.30. The van der Waals surface area contributed by atoms with Gasteiger partial charge in [-0.05, 0) is 57.7 Å². The summed E-state index contributed by atoms with van der Waals surface area (Å²) in [7, 11) is 3.50. The van der Waals surface area contributed by atoms with Crippen LogP contribution in [-0.2, 0) is 0 Å². The van der Waals surface area contributed by atoms with Crippen LogP contribution >= 0.6 is 0 Å². The van der Waals surface area contributed by atoms with E-state index in [2.05, 4.69) is 34.3 Å². The molecule has 1 aliphatic heterocycles. The van der Waals surface area contributed by atoms with Crippen molar-refractivity contribution in [2.75, 3.05) is 37.4 Å². The van der Waals surface area contributed by atoms with Gasteiger partial charge in [-0.15, -0.1) is 0 Å². The molecule has 0 bridgehead atoms. The third-order valence-corrected chi connectivity index (χ3v) is 6.80. The number of fused-ring (bicyclic) bond motifs is 1. The molecule has 1 aromatic carbocycles. The molecule has 33 heavy (non-hydrogen) atoms. The van der Waals surface area contributed by atoms with Gasteiger partial charge in [-0.3, -0.25) is 9.89 Å². The molecule has 0 unspecified atom stereocenters. The lowest BCUT2D eigenvalue weighted by molar-refractivity contribution is 0.0828. The topological polar surface area (TPSA) is 116 Å². The predicted molar refractivity (Wildman–Crippen MR) is 130 cm³/mol. The first-order chi connectivity index (χ1) is 15.7. The first kappa shape index (κ1) is 21.6. The van der Waals surface area contributed by atoms with Gasteiger partial charge in [0.25, 0.3) is 5.91 Å². The van der Waals surface area contributed by atoms with Gasteiger partial charge in [0.05, 0.1) is 5.52 Å². The number of hydrogen-bond donors (Lipinski definition) is 3. The summed E-state index contributed by atoms with van der Waals surface area (Å²) in [5.74, 6) is 2.61. The standard InChI is InChI=1S/C24H32N8O/c1-14-19(15-5-6-15)29-30-20(14)27-21-17-13-16(22(33)31(3)4)7-8-18(17)26-23(28-21)32-11-9-24(2,25)10-12-32/h7-8,13,15H,5-6,9-12,25H2,1-4H3,(H2,26,27,28,29,30). The van der Waals surface area contributed by atoms with E-state index >= 15 is 0 Å². The fourth-order valence-electron chi connectivity index (χ4n) is 4.38. The average Bonchev–Trinajstić information content (AvgIpc) is 3.56. The van der Waals surface area contributed by atoms with Crippen LogP contribution in [0.25, 0.3) is 10.9 Å². The summed E-state index contributed by atoms with van der Waals surface area (Å²) in [6, 6.07) is 5.58. The lowest BCUT2D eigenvalue weighted by Crippen LogP contribution is -2.48. The fourth-order valence-corrected chi connectivity index (χ4v) is 4.38. The molecule has 1 saturated carbocycles. The summed E-state index contributed by atoms with van der Waals surface area (Å²) in [5, 5.41) is 12.0. The molecule has 4 N–H and O–H groups in total. The van der Waals surface area contributed by atoms with Crippen LogP contribution in [0.2, 0.25) is 0 Å². The molecule has 3 aromatic rings. The van der Waals surface area contributed by atoms with Gasteiger partial charge in [0, 0.05) is 60.8 Å². The molecule has 174 valence electrons. The van der Waals surface area contributed by atoms with Crippen LogP contribution < -0.4 is 16.0 Å². The quantitative estimate of drug-likeness (QED) is 0.548. The number of carbonyl (C=O) groups excluding carboxylic acids is 1. The Balaban J connectivity index is 1.56. The van der Waals surface area contributed by atoms with Crippen LogP contribution in [0.1, 0.15) is 60.1 Å². The van der Waals surface area contributed by atoms with Crippen LogP contribution in [0, 0.1) is 6.92 Å². The number of nitrogens with one attached hydrogen (secondary N) is 2. The molecule has 2 aromatic heterocycles. The number of rotatable bonds is 5. The minimum absolute atomic E-state index is 0.0582. The Kier molecular flexibility index (Phi) is 5.23.